The van der Waals surface area contributed by atoms with Crippen LogP contribution in [0.25, 0.3) is 0 Å². The second kappa shape index (κ2) is 8.28. The van der Waals surface area contributed by atoms with E-state index in [-0.39, 0.29) is 0 Å². The summed E-state index contributed by atoms with van der Waals surface area (Å²) >= 11 is 0. The minimum Gasteiger partial charge on any atom is -0.494 e. The van der Waals surface area contributed by atoms with Crippen LogP contribution < -0.4 is 4.74 Å². The molecule has 0 saturated carbocycles. The first-order chi connectivity index (χ1) is 9.78. The lowest BCUT2D eigenvalue weighted by molar-refractivity contribution is 0.153. The molecule has 0 unspecified atom stereocenters. The molecule has 1 heterocycles. The zero-order valence-electron chi connectivity index (χ0n) is 13.0. The second-order valence-corrected chi connectivity index (χ2v) is 5.74. The van der Waals surface area contributed by atoms with Gasteiger partial charge in [-0.25, -0.2) is 0 Å². The Morgan fingerprint density at radius 2 is 1.75 bits per heavy atom. The average Bonchev–Trinajstić information content (AvgIpc) is 2.48. The van der Waals surface area contributed by atoms with Gasteiger partial charge in [-0.2, -0.15) is 0 Å². The first-order valence-electron chi connectivity index (χ1n) is 7.90. The summed E-state index contributed by atoms with van der Waals surface area (Å²) < 4.78 is 5.61. The van der Waals surface area contributed by atoms with Gasteiger partial charge < -0.3 is 14.5 Å². The Morgan fingerprint density at radius 3 is 2.40 bits per heavy atom. The number of hydrogen-bond acceptors (Lipinski definition) is 3. The van der Waals surface area contributed by atoms with Crippen molar-refractivity contribution < 1.29 is 4.74 Å². The molecular formula is C17H28N2O. The van der Waals surface area contributed by atoms with Crippen molar-refractivity contribution in [2.45, 2.75) is 26.2 Å². The highest BCUT2D eigenvalue weighted by Gasteiger charge is 2.12. The normalized spacial score (nSPS) is 17.3. The maximum atomic E-state index is 5.61. The van der Waals surface area contributed by atoms with Crippen molar-refractivity contribution in [3.8, 4) is 5.75 Å². The molecule has 1 fully saturated rings. The maximum Gasteiger partial charge on any atom is 0.119 e. The van der Waals surface area contributed by atoms with Gasteiger partial charge in [0.2, 0.25) is 0 Å². The van der Waals surface area contributed by atoms with E-state index in [1.807, 2.05) is 0 Å². The first-order valence-corrected chi connectivity index (χ1v) is 7.90. The molecule has 0 atom stereocenters. The van der Waals surface area contributed by atoms with Crippen LogP contribution in [0, 0.1) is 0 Å². The van der Waals surface area contributed by atoms with Crippen LogP contribution in [0.15, 0.2) is 24.3 Å². The topological polar surface area (TPSA) is 15.7 Å². The van der Waals surface area contributed by atoms with Crippen molar-refractivity contribution in [2.75, 3.05) is 46.4 Å². The second-order valence-electron chi connectivity index (χ2n) is 5.74. The molecule has 0 N–H and O–H groups in total. The molecule has 1 saturated heterocycles. The summed E-state index contributed by atoms with van der Waals surface area (Å²) in [4.78, 5) is 4.99. The Morgan fingerprint density at radius 1 is 1.05 bits per heavy atom. The van der Waals surface area contributed by atoms with Crippen LogP contribution in [0.2, 0.25) is 0 Å². The lowest BCUT2D eigenvalue weighted by atomic mass is 10.1. The molecule has 2 rings (SSSR count). The van der Waals surface area contributed by atoms with E-state index in [0.717, 1.165) is 18.8 Å². The van der Waals surface area contributed by atoms with E-state index >= 15 is 0 Å². The molecule has 1 aliphatic rings. The summed E-state index contributed by atoms with van der Waals surface area (Å²) in [5.74, 6) is 0.995. The third kappa shape index (κ3) is 5.14. The summed E-state index contributed by atoms with van der Waals surface area (Å²) in [6.07, 6.45) is 3.48. The molecule has 1 aromatic rings. The molecule has 1 aromatic carbocycles. The smallest absolute Gasteiger partial charge is 0.119 e. The van der Waals surface area contributed by atoms with Gasteiger partial charge in [0.05, 0.1) is 6.61 Å². The lowest BCUT2D eigenvalue weighted by Gasteiger charge is -2.32. The number of likely N-dealkylation sites (N-methyl/N-ethyl adjacent to an activating group) is 1. The van der Waals surface area contributed by atoms with Crippen molar-refractivity contribution in [1.82, 2.24) is 9.80 Å². The van der Waals surface area contributed by atoms with Crippen LogP contribution in [0.3, 0.4) is 0 Å². The standard InChI is InChI=1S/C17H28N2O/c1-3-15-20-17-8-6-16(7-9-17)5-4-10-19-13-11-18(2)12-14-19/h6-9H,3-5,10-15H2,1-2H3. The van der Waals surface area contributed by atoms with Crippen molar-refractivity contribution in [1.29, 1.82) is 0 Å². The molecule has 0 bridgehead atoms. The molecule has 20 heavy (non-hydrogen) atoms. The van der Waals surface area contributed by atoms with E-state index in [1.165, 1.54) is 51.1 Å². The van der Waals surface area contributed by atoms with Crippen molar-refractivity contribution in [3.05, 3.63) is 29.8 Å². The van der Waals surface area contributed by atoms with E-state index in [1.54, 1.807) is 0 Å². The number of hydrogen-bond donors (Lipinski definition) is 0. The van der Waals surface area contributed by atoms with Gasteiger partial charge in [0.15, 0.2) is 0 Å². The molecule has 3 heteroatoms. The molecule has 0 radical (unpaired) electrons. The Hall–Kier alpha value is -1.06. The van der Waals surface area contributed by atoms with E-state index in [0.29, 0.717) is 0 Å². The third-order valence-corrected chi connectivity index (χ3v) is 3.93. The fraction of sp³-hybridized carbons (Fsp3) is 0.647. The van der Waals surface area contributed by atoms with E-state index in [2.05, 4.69) is 48.0 Å². The average molecular weight is 276 g/mol. The predicted molar refractivity (Wildman–Crippen MR) is 84.5 cm³/mol. The summed E-state index contributed by atoms with van der Waals surface area (Å²) in [5.41, 5.74) is 1.42. The molecular weight excluding hydrogens is 248 g/mol. The van der Waals surface area contributed by atoms with Gasteiger partial charge in [-0.05, 0) is 50.6 Å². The van der Waals surface area contributed by atoms with E-state index in [9.17, 15) is 0 Å². The van der Waals surface area contributed by atoms with Gasteiger partial charge >= 0.3 is 0 Å². The van der Waals surface area contributed by atoms with Crippen LogP contribution in [0.1, 0.15) is 25.3 Å². The van der Waals surface area contributed by atoms with Gasteiger partial charge in [-0.15, -0.1) is 0 Å². The zero-order valence-corrected chi connectivity index (χ0v) is 13.0. The fourth-order valence-corrected chi connectivity index (χ4v) is 2.55. The first kappa shape index (κ1) is 15.3. The Balaban J connectivity index is 1.66. The quantitative estimate of drug-likeness (QED) is 0.761. The number of ether oxygens (including phenoxy) is 1. The molecule has 0 amide bonds. The van der Waals surface area contributed by atoms with Crippen molar-refractivity contribution >= 4 is 0 Å². The molecule has 112 valence electrons. The Kier molecular flexibility index (Phi) is 6.34. The molecule has 3 nitrogen and oxygen atoms in total. The van der Waals surface area contributed by atoms with Crippen molar-refractivity contribution in [3.63, 3.8) is 0 Å². The highest BCUT2D eigenvalue weighted by Crippen LogP contribution is 2.14. The zero-order chi connectivity index (χ0) is 14.2. The van der Waals surface area contributed by atoms with Crippen LogP contribution in [-0.4, -0.2) is 56.2 Å². The van der Waals surface area contributed by atoms with Crippen LogP contribution >= 0.6 is 0 Å². The predicted octanol–water partition coefficient (Wildman–Crippen LogP) is 2.66. The number of nitrogens with zero attached hydrogens (tertiary/aromatic N) is 2. The minimum atomic E-state index is 0.808. The van der Waals surface area contributed by atoms with Gasteiger partial charge in [0.25, 0.3) is 0 Å². The molecule has 0 aliphatic carbocycles. The van der Waals surface area contributed by atoms with Crippen LogP contribution in [0.4, 0.5) is 0 Å². The van der Waals surface area contributed by atoms with E-state index < -0.39 is 0 Å². The minimum absolute atomic E-state index is 0.808. The summed E-state index contributed by atoms with van der Waals surface area (Å²) in [5, 5.41) is 0. The number of piperazine rings is 1. The maximum absolute atomic E-state index is 5.61. The van der Waals surface area contributed by atoms with E-state index in [4.69, 9.17) is 4.74 Å². The van der Waals surface area contributed by atoms with Crippen LogP contribution in [0.5, 0.6) is 5.75 Å². The van der Waals surface area contributed by atoms with Gasteiger partial charge in [0, 0.05) is 26.2 Å². The SMILES string of the molecule is CCCOc1ccc(CCCN2CCN(C)CC2)cc1. The third-order valence-electron chi connectivity index (χ3n) is 3.93. The highest BCUT2D eigenvalue weighted by molar-refractivity contribution is 5.27. The molecule has 1 aliphatic heterocycles. The van der Waals surface area contributed by atoms with Crippen LogP contribution in [-0.2, 0) is 6.42 Å². The lowest BCUT2D eigenvalue weighted by Crippen LogP contribution is -2.44. The summed E-state index contributed by atoms with van der Waals surface area (Å²) in [7, 11) is 2.21. The fourth-order valence-electron chi connectivity index (χ4n) is 2.55. The van der Waals surface area contributed by atoms with Gasteiger partial charge in [-0.1, -0.05) is 19.1 Å². The number of aryl methyl sites for hydroxylation is 1. The van der Waals surface area contributed by atoms with Gasteiger partial charge in [-0.3, -0.25) is 0 Å². The highest BCUT2D eigenvalue weighted by atomic mass is 16.5. The number of rotatable bonds is 7. The molecule has 0 aromatic heterocycles. The van der Waals surface area contributed by atoms with Crippen molar-refractivity contribution in [2.24, 2.45) is 0 Å². The molecule has 0 spiro atoms. The largest absolute Gasteiger partial charge is 0.494 e. The number of benzene rings is 1. The Labute approximate surface area is 123 Å². The monoisotopic (exact) mass is 276 g/mol. The van der Waals surface area contributed by atoms with Gasteiger partial charge in [0.1, 0.15) is 5.75 Å². The summed E-state index contributed by atoms with van der Waals surface area (Å²) in [6, 6.07) is 8.60. The summed E-state index contributed by atoms with van der Waals surface area (Å²) in [6.45, 7) is 9.03. The Bertz CT molecular complexity index is 369.